The predicted octanol–water partition coefficient (Wildman–Crippen LogP) is 3.46. The summed E-state index contributed by atoms with van der Waals surface area (Å²) in [5, 5.41) is 3.93. The van der Waals surface area contributed by atoms with Gasteiger partial charge in [0.1, 0.15) is 5.75 Å². The Morgan fingerprint density at radius 2 is 1.91 bits per heavy atom. The number of aromatic nitrogens is 1. The van der Waals surface area contributed by atoms with E-state index in [2.05, 4.69) is 15.5 Å². The zero-order valence-corrected chi connectivity index (χ0v) is 18.0. The second-order valence-corrected chi connectivity index (χ2v) is 6.89. The second kappa shape index (κ2) is 10.7. The molecule has 1 amide bonds. The average molecular weight is 433 g/mol. The van der Waals surface area contributed by atoms with E-state index in [1.54, 1.807) is 36.5 Å². The summed E-state index contributed by atoms with van der Waals surface area (Å²) in [6.45, 7) is 3.71. The number of hydrogen-bond donors (Lipinski definition) is 1. The Bertz CT molecular complexity index is 1130. The van der Waals surface area contributed by atoms with Crippen molar-refractivity contribution >= 4 is 18.1 Å². The summed E-state index contributed by atoms with van der Waals surface area (Å²) in [5.41, 5.74) is 5.37. The van der Waals surface area contributed by atoms with E-state index in [1.165, 1.54) is 19.5 Å². The van der Waals surface area contributed by atoms with Crippen molar-refractivity contribution in [3.63, 3.8) is 0 Å². The van der Waals surface area contributed by atoms with Crippen molar-refractivity contribution in [3.05, 3.63) is 83.2 Å². The highest BCUT2D eigenvalue weighted by Gasteiger charge is 2.13. The van der Waals surface area contributed by atoms with Gasteiger partial charge in [0, 0.05) is 12.4 Å². The molecular weight excluding hydrogens is 410 g/mol. The van der Waals surface area contributed by atoms with Gasteiger partial charge in [-0.15, -0.1) is 0 Å². The number of esters is 1. The van der Waals surface area contributed by atoms with Crippen molar-refractivity contribution in [3.8, 4) is 17.2 Å². The monoisotopic (exact) mass is 433 g/mol. The van der Waals surface area contributed by atoms with Crippen LogP contribution in [0.1, 0.15) is 27.0 Å². The van der Waals surface area contributed by atoms with Crippen LogP contribution in [0, 0.1) is 13.8 Å². The first-order chi connectivity index (χ1) is 15.5. The van der Waals surface area contributed by atoms with E-state index in [9.17, 15) is 9.59 Å². The van der Waals surface area contributed by atoms with E-state index < -0.39 is 11.9 Å². The summed E-state index contributed by atoms with van der Waals surface area (Å²) in [6, 6.07) is 13.9. The van der Waals surface area contributed by atoms with Gasteiger partial charge in [0.25, 0.3) is 5.91 Å². The molecule has 0 spiro atoms. The maximum atomic E-state index is 12.2. The minimum absolute atomic E-state index is 0.159. The number of hydrazone groups is 1. The Balaban J connectivity index is 1.56. The molecule has 0 radical (unpaired) electrons. The van der Waals surface area contributed by atoms with Crippen molar-refractivity contribution in [1.29, 1.82) is 0 Å². The van der Waals surface area contributed by atoms with Crippen LogP contribution in [0.3, 0.4) is 0 Å². The van der Waals surface area contributed by atoms with E-state index in [4.69, 9.17) is 14.2 Å². The number of nitrogens with one attached hydrogen (secondary N) is 1. The molecule has 2 aromatic carbocycles. The number of pyridine rings is 1. The van der Waals surface area contributed by atoms with Crippen LogP contribution >= 0.6 is 0 Å². The summed E-state index contributed by atoms with van der Waals surface area (Å²) >= 11 is 0. The topological polar surface area (TPSA) is 99.1 Å². The molecule has 0 aliphatic heterocycles. The first kappa shape index (κ1) is 22.5. The Morgan fingerprint density at radius 3 is 2.66 bits per heavy atom. The summed E-state index contributed by atoms with van der Waals surface area (Å²) in [4.78, 5) is 28.1. The van der Waals surface area contributed by atoms with Gasteiger partial charge in [0.2, 0.25) is 0 Å². The molecule has 32 heavy (non-hydrogen) atoms. The Morgan fingerprint density at radius 1 is 1.06 bits per heavy atom. The first-order valence-electron chi connectivity index (χ1n) is 9.78. The summed E-state index contributed by atoms with van der Waals surface area (Å²) < 4.78 is 16.2. The molecule has 0 saturated carbocycles. The lowest BCUT2D eigenvalue weighted by Crippen LogP contribution is -2.24. The summed E-state index contributed by atoms with van der Waals surface area (Å²) in [7, 11) is 1.46. The highest BCUT2D eigenvalue weighted by atomic mass is 16.6. The SMILES string of the molecule is COc1cc(/C=N/NC(=O)COc2cc(C)ccc2C)ccc1OC(=O)c1cccnc1. The standard InChI is InChI=1S/C24H23N3O5/c1-16-6-7-17(2)21(11-16)31-15-23(28)27-26-13-18-8-9-20(22(12-18)30-3)32-24(29)19-5-4-10-25-14-19/h4-14H,15H2,1-3H3,(H,27,28)/b26-13+. The number of hydrogen-bond acceptors (Lipinski definition) is 7. The van der Waals surface area contributed by atoms with Crippen LogP contribution in [0.25, 0.3) is 0 Å². The fourth-order valence-electron chi connectivity index (χ4n) is 2.71. The molecule has 0 aliphatic carbocycles. The lowest BCUT2D eigenvalue weighted by atomic mass is 10.1. The Kier molecular flexibility index (Phi) is 7.53. The fraction of sp³-hybridized carbons (Fsp3) is 0.167. The third-order valence-electron chi connectivity index (χ3n) is 4.39. The molecule has 8 heteroatoms. The maximum Gasteiger partial charge on any atom is 0.345 e. The number of rotatable bonds is 8. The van der Waals surface area contributed by atoms with Gasteiger partial charge in [-0.2, -0.15) is 5.10 Å². The molecule has 8 nitrogen and oxygen atoms in total. The lowest BCUT2D eigenvalue weighted by Gasteiger charge is -2.10. The summed E-state index contributed by atoms with van der Waals surface area (Å²) in [6.07, 6.45) is 4.44. The molecule has 3 aromatic rings. The van der Waals surface area contributed by atoms with E-state index in [0.29, 0.717) is 22.6 Å². The number of methoxy groups -OCH3 is 1. The van der Waals surface area contributed by atoms with Gasteiger partial charge in [-0.25, -0.2) is 10.2 Å². The minimum atomic E-state index is -0.547. The molecule has 1 heterocycles. The molecule has 0 atom stereocenters. The predicted molar refractivity (Wildman–Crippen MR) is 119 cm³/mol. The first-order valence-corrected chi connectivity index (χ1v) is 9.78. The van der Waals surface area contributed by atoms with Crippen molar-refractivity contribution in [1.82, 2.24) is 10.4 Å². The van der Waals surface area contributed by atoms with E-state index in [-0.39, 0.29) is 12.4 Å². The van der Waals surface area contributed by atoms with E-state index >= 15 is 0 Å². The fourth-order valence-corrected chi connectivity index (χ4v) is 2.71. The molecule has 0 fully saturated rings. The average Bonchev–Trinajstić information content (AvgIpc) is 2.81. The number of carbonyl (C=O) groups is 2. The van der Waals surface area contributed by atoms with Crippen molar-refractivity contribution in [2.24, 2.45) is 5.10 Å². The van der Waals surface area contributed by atoms with Gasteiger partial charge in [0.05, 0.1) is 18.9 Å². The number of ether oxygens (including phenoxy) is 3. The van der Waals surface area contributed by atoms with E-state index in [1.807, 2.05) is 32.0 Å². The number of carbonyl (C=O) groups excluding carboxylic acids is 2. The van der Waals surface area contributed by atoms with Gasteiger partial charge < -0.3 is 14.2 Å². The van der Waals surface area contributed by atoms with Gasteiger partial charge >= 0.3 is 5.97 Å². The van der Waals surface area contributed by atoms with Crippen molar-refractivity contribution < 1.29 is 23.8 Å². The van der Waals surface area contributed by atoms with Crippen LogP contribution in [0.2, 0.25) is 0 Å². The van der Waals surface area contributed by atoms with E-state index in [0.717, 1.165) is 11.1 Å². The van der Waals surface area contributed by atoms with Crippen molar-refractivity contribution in [2.75, 3.05) is 13.7 Å². The molecule has 0 aliphatic rings. The third kappa shape index (κ3) is 6.15. The highest BCUT2D eigenvalue weighted by Crippen LogP contribution is 2.28. The Hall–Kier alpha value is -4.20. The number of aryl methyl sites for hydroxylation is 2. The normalized spacial score (nSPS) is 10.6. The number of benzene rings is 2. The van der Waals surface area contributed by atoms with Crippen molar-refractivity contribution in [2.45, 2.75) is 13.8 Å². The number of amides is 1. The molecule has 0 saturated heterocycles. The summed E-state index contributed by atoms with van der Waals surface area (Å²) in [5.74, 6) is 0.315. The van der Waals surface area contributed by atoms with Crippen LogP contribution in [0.4, 0.5) is 0 Å². The van der Waals surface area contributed by atoms with Gasteiger partial charge in [0.15, 0.2) is 18.1 Å². The largest absolute Gasteiger partial charge is 0.493 e. The minimum Gasteiger partial charge on any atom is -0.493 e. The van der Waals surface area contributed by atoms with Gasteiger partial charge in [-0.1, -0.05) is 12.1 Å². The molecule has 3 rings (SSSR count). The zero-order chi connectivity index (χ0) is 22.9. The van der Waals surface area contributed by atoms with Gasteiger partial charge in [-0.05, 0) is 66.9 Å². The van der Waals surface area contributed by atoms with Crippen LogP contribution in [0.5, 0.6) is 17.2 Å². The molecular formula is C24H23N3O5. The molecule has 0 bridgehead atoms. The van der Waals surface area contributed by atoms with Crippen LogP contribution in [-0.2, 0) is 4.79 Å². The second-order valence-electron chi connectivity index (χ2n) is 6.89. The third-order valence-corrected chi connectivity index (χ3v) is 4.39. The van der Waals surface area contributed by atoms with Crippen LogP contribution < -0.4 is 19.6 Å². The number of nitrogens with zero attached hydrogens (tertiary/aromatic N) is 2. The quantitative estimate of drug-likeness (QED) is 0.253. The molecule has 1 aromatic heterocycles. The molecule has 1 N–H and O–H groups in total. The van der Waals surface area contributed by atoms with Crippen LogP contribution in [0.15, 0.2) is 66.0 Å². The molecule has 164 valence electrons. The zero-order valence-electron chi connectivity index (χ0n) is 18.0. The Labute approximate surface area is 185 Å². The van der Waals surface area contributed by atoms with Crippen LogP contribution in [-0.4, -0.2) is 36.8 Å². The maximum absolute atomic E-state index is 12.2. The van der Waals surface area contributed by atoms with Gasteiger partial charge in [-0.3, -0.25) is 9.78 Å². The molecule has 0 unspecified atom stereocenters. The smallest absolute Gasteiger partial charge is 0.345 e. The highest BCUT2D eigenvalue weighted by molar-refractivity contribution is 5.91. The lowest BCUT2D eigenvalue weighted by molar-refractivity contribution is -0.123.